The van der Waals surface area contributed by atoms with E-state index in [1.54, 1.807) is 0 Å². The summed E-state index contributed by atoms with van der Waals surface area (Å²) in [5.41, 5.74) is 0.986. The number of benzene rings is 1. The average molecular weight is 280 g/mol. The molecule has 0 aliphatic heterocycles. The van der Waals surface area contributed by atoms with Crippen LogP contribution < -0.4 is 4.90 Å². The lowest BCUT2D eigenvalue weighted by atomic mass is 10.2. The Kier molecular flexibility index (Phi) is 3.39. The van der Waals surface area contributed by atoms with E-state index in [9.17, 15) is 0 Å². The molecule has 84 valence electrons. The third kappa shape index (κ3) is 2.16. The molecule has 0 bridgehead atoms. The van der Waals surface area contributed by atoms with Crippen LogP contribution in [0.15, 0.2) is 28.9 Å². The van der Waals surface area contributed by atoms with Crippen molar-refractivity contribution in [1.29, 1.82) is 0 Å². The third-order valence-corrected chi connectivity index (χ3v) is 3.07. The zero-order valence-electron chi connectivity index (χ0n) is 9.44. The van der Waals surface area contributed by atoms with Crippen LogP contribution in [-0.4, -0.2) is 23.1 Å². The van der Waals surface area contributed by atoms with Gasteiger partial charge in [0, 0.05) is 29.1 Å². The van der Waals surface area contributed by atoms with E-state index in [0.29, 0.717) is 0 Å². The van der Waals surface area contributed by atoms with Gasteiger partial charge in [0.15, 0.2) is 0 Å². The van der Waals surface area contributed by atoms with Crippen LogP contribution in [-0.2, 0) is 0 Å². The molecule has 3 nitrogen and oxygen atoms in total. The van der Waals surface area contributed by atoms with E-state index in [2.05, 4.69) is 44.6 Å². The smallest absolute Gasteiger partial charge is 0.225 e. The molecule has 0 saturated carbocycles. The first kappa shape index (κ1) is 11.3. The third-order valence-electron chi connectivity index (χ3n) is 2.58. The Morgan fingerprint density at radius 1 is 1.25 bits per heavy atom. The molecule has 1 heterocycles. The molecule has 0 unspecified atom stereocenters. The van der Waals surface area contributed by atoms with Crippen LogP contribution in [0, 0.1) is 0 Å². The maximum atomic E-state index is 4.55. The second-order valence-corrected chi connectivity index (χ2v) is 4.46. The van der Waals surface area contributed by atoms with E-state index in [1.165, 1.54) is 0 Å². The van der Waals surface area contributed by atoms with Crippen molar-refractivity contribution < 1.29 is 0 Å². The topological polar surface area (TPSA) is 29.0 Å². The zero-order chi connectivity index (χ0) is 11.5. The Balaban J connectivity index is 2.47. The van der Waals surface area contributed by atoms with Gasteiger partial charge in [-0.25, -0.2) is 9.97 Å². The van der Waals surface area contributed by atoms with Crippen molar-refractivity contribution in [1.82, 2.24) is 9.97 Å². The maximum absolute atomic E-state index is 4.55. The molecule has 0 N–H and O–H groups in total. The zero-order valence-corrected chi connectivity index (χ0v) is 11.0. The SMILES string of the molecule is CCN(CC)c1ncc2cc(Br)ccc2n1. The van der Waals surface area contributed by atoms with E-state index in [-0.39, 0.29) is 0 Å². The highest BCUT2D eigenvalue weighted by atomic mass is 79.9. The van der Waals surface area contributed by atoms with Crippen molar-refractivity contribution >= 4 is 32.8 Å². The number of fused-ring (bicyclic) bond motifs is 1. The van der Waals surface area contributed by atoms with Gasteiger partial charge in [-0.2, -0.15) is 0 Å². The molecule has 1 aromatic carbocycles. The van der Waals surface area contributed by atoms with Gasteiger partial charge in [-0.1, -0.05) is 15.9 Å². The van der Waals surface area contributed by atoms with Crippen LogP contribution in [0.1, 0.15) is 13.8 Å². The van der Waals surface area contributed by atoms with Crippen LogP contribution in [0.4, 0.5) is 5.95 Å². The van der Waals surface area contributed by atoms with Gasteiger partial charge in [0.1, 0.15) is 0 Å². The van der Waals surface area contributed by atoms with Gasteiger partial charge >= 0.3 is 0 Å². The van der Waals surface area contributed by atoms with Crippen molar-refractivity contribution in [2.24, 2.45) is 0 Å². The fourth-order valence-corrected chi connectivity index (χ4v) is 2.03. The summed E-state index contributed by atoms with van der Waals surface area (Å²) in [6.45, 7) is 6.08. The Morgan fingerprint density at radius 2 is 2.00 bits per heavy atom. The van der Waals surface area contributed by atoms with Crippen molar-refractivity contribution in [3.05, 3.63) is 28.9 Å². The van der Waals surface area contributed by atoms with Crippen molar-refractivity contribution in [2.75, 3.05) is 18.0 Å². The van der Waals surface area contributed by atoms with E-state index < -0.39 is 0 Å². The summed E-state index contributed by atoms with van der Waals surface area (Å²) < 4.78 is 1.05. The summed E-state index contributed by atoms with van der Waals surface area (Å²) >= 11 is 3.44. The molecule has 0 amide bonds. The lowest BCUT2D eigenvalue weighted by molar-refractivity contribution is 0.826. The van der Waals surface area contributed by atoms with Gasteiger partial charge in [0.05, 0.1) is 5.52 Å². The molecule has 2 aromatic rings. The molecule has 0 aliphatic rings. The fourth-order valence-electron chi connectivity index (χ4n) is 1.65. The number of rotatable bonds is 3. The van der Waals surface area contributed by atoms with Gasteiger partial charge in [0.2, 0.25) is 5.95 Å². The van der Waals surface area contributed by atoms with E-state index in [0.717, 1.165) is 34.4 Å². The molecular formula is C12H14BrN3. The summed E-state index contributed by atoms with van der Waals surface area (Å²) in [6.07, 6.45) is 1.88. The molecule has 0 radical (unpaired) electrons. The number of halogens is 1. The van der Waals surface area contributed by atoms with Crippen molar-refractivity contribution in [3.8, 4) is 0 Å². The largest absolute Gasteiger partial charge is 0.341 e. The van der Waals surface area contributed by atoms with Gasteiger partial charge in [0.25, 0.3) is 0 Å². The number of nitrogens with zero attached hydrogens (tertiary/aromatic N) is 3. The number of anilines is 1. The minimum absolute atomic E-state index is 0.805. The van der Waals surface area contributed by atoms with Crippen LogP contribution in [0.5, 0.6) is 0 Å². The standard InChI is InChI=1S/C12H14BrN3/c1-3-16(4-2)12-14-8-9-7-10(13)5-6-11(9)15-12/h5-8H,3-4H2,1-2H3. The normalized spacial score (nSPS) is 10.7. The summed E-state index contributed by atoms with van der Waals surface area (Å²) in [6, 6.07) is 6.04. The van der Waals surface area contributed by atoms with Gasteiger partial charge < -0.3 is 4.90 Å². The Morgan fingerprint density at radius 3 is 2.69 bits per heavy atom. The summed E-state index contributed by atoms with van der Waals surface area (Å²) in [5.74, 6) is 0.805. The first-order valence-corrected chi connectivity index (χ1v) is 6.21. The number of aromatic nitrogens is 2. The molecule has 0 saturated heterocycles. The molecule has 0 fully saturated rings. The first-order valence-electron chi connectivity index (χ1n) is 5.41. The summed E-state index contributed by atoms with van der Waals surface area (Å²) in [4.78, 5) is 11.1. The molecule has 4 heteroatoms. The molecule has 1 aromatic heterocycles. The Hall–Kier alpha value is -1.16. The van der Waals surface area contributed by atoms with Gasteiger partial charge in [-0.15, -0.1) is 0 Å². The first-order chi connectivity index (χ1) is 7.74. The quantitative estimate of drug-likeness (QED) is 0.864. The lowest BCUT2D eigenvalue weighted by Crippen LogP contribution is -2.24. The highest BCUT2D eigenvalue weighted by Gasteiger charge is 2.05. The van der Waals surface area contributed by atoms with Crippen molar-refractivity contribution in [2.45, 2.75) is 13.8 Å². The maximum Gasteiger partial charge on any atom is 0.225 e. The van der Waals surface area contributed by atoms with E-state index >= 15 is 0 Å². The minimum Gasteiger partial charge on any atom is -0.341 e. The van der Waals surface area contributed by atoms with E-state index in [1.807, 2.05) is 24.4 Å². The highest BCUT2D eigenvalue weighted by molar-refractivity contribution is 9.10. The molecule has 0 atom stereocenters. The van der Waals surface area contributed by atoms with Crippen LogP contribution in [0.25, 0.3) is 10.9 Å². The lowest BCUT2D eigenvalue weighted by Gasteiger charge is -2.18. The predicted molar refractivity (Wildman–Crippen MR) is 70.8 cm³/mol. The fraction of sp³-hybridized carbons (Fsp3) is 0.333. The minimum atomic E-state index is 0.805. The van der Waals surface area contributed by atoms with Crippen molar-refractivity contribution in [3.63, 3.8) is 0 Å². The van der Waals surface area contributed by atoms with Crippen LogP contribution in [0.3, 0.4) is 0 Å². The summed E-state index contributed by atoms with van der Waals surface area (Å²) in [7, 11) is 0. The van der Waals surface area contributed by atoms with Crippen LogP contribution in [0.2, 0.25) is 0 Å². The molecule has 0 spiro atoms. The molecule has 2 rings (SSSR count). The van der Waals surface area contributed by atoms with Crippen LogP contribution >= 0.6 is 15.9 Å². The highest BCUT2D eigenvalue weighted by Crippen LogP contribution is 2.19. The number of hydrogen-bond acceptors (Lipinski definition) is 3. The second kappa shape index (κ2) is 4.78. The Bertz CT molecular complexity index is 495. The monoisotopic (exact) mass is 279 g/mol. The second-order valence-electron chi connectivity index (χ2n) is 3.55. The Labute approximate surface area is 104 Å². The predicted octanol–water partition coefficient (Wildman–Crippen LogP) is 3.24. The van der Waals surface area contributed by atoms with E-state index in [4.69, 9.17) is 0 Å². The number of hydrogen-bond donors (Lipinski definition) is 0. The summed E-state index contributed by atoms with van der Waals surface area (Å²) in [5, 5.41) is 1.06. The molecule has 16 heavy (non-hydrogen) atoms. The van der Waals surface area contributed by atoms with Gasteiger partial charge in [-0.05, 0) is 32.0 Å². The molecular weight excluding hydrogens is 266 g/mol. The average Bonchev–Trinajstić information content (AvgIpc) is 2.31. The molecule has 0 aliphatic carbocycles. The van der Waals surface area contributed by atoms with Gasteiger partial charge in [-0.3, -0.25) is 0 Å².